The second-order valence-corrected chi connectivity index (χ2v) is 5.18. The first-order chi connectivity index (χ1) is 8.76. The van der Waals surface area contributed by atoms with Gasteiger partial charge in [0.05, 0.1) is 0 Å². The lowest BCUT2D eigenvalue weighted by Crippen LogP contribution is -2.38. The van der Waals surface area contributed by atoms with E-state index in [0.29, 0.717) is 5.41 Å². The van der Waals surface area contributed by atoms with Gasteiger partial charge >= 0.3 is 0 Å². The minimum atomic E-state index is 0.381. The molecule has 106 valence electrons. The third-order valence-electron chi connectivity index (χ3n) is 3.76. The fraction of sp³-hybridized carbons (Fsp3) is 0.929. The van der Waals surface area contributed by atoms with E-state index in [9.17, 15) is 0 Å². The van der Waals surface area contributed by atoms with E-state index in [1.807, 2.05) is 0 Å². The fourth-order valence-electron chi connectivity index (χ4n) is 2.69. The maximum absolute atomic E-state index is 5.25. The first-order valence-corrected chi connectivity index (χ1v) is 7.27. The second kappa shape index (κ2) is 8.35. The van der Waals surface area contributed by atoms with E-state index >= 15 is 0 Å². The molecule has 1 fully saturated rings. The Bertz CT molecular complexity index is 239. The number of rotatable bonds is 7. The van der Waals surface area contributed by atoms with Crippen LogP contribution in [0.3, 0.4) is 0 Å². The molecule has 0 spiro atoms. The Labute approximate surface area is 112 Å². The maximum Gasteiger partial charge on any atom is 0.191 e. The summed E-state index contributed by atoms with van der Waals surface area (Å²) in [4.78, 5) is 4.75. The summed E-state index contributed by atoms with van der Waals surface area (Å²) in [5.74, 6) is 0.948. The smallest absolute Gasteiger partial charge is 0.191 e. The molecule has 0 bridgehead atoms. The molecule has 18 heavy (non-hydrogen) atoms. The van der Waals surface area contributed by atoms with Crippen LogP contribution in [0.2, 0.25) is 0 Å². The third kappa shape index (κ3) is 4.84. The molecular formula is C14H29N3O. The Balaban J connectivity index is 2.55. The van der Waals surface area contributed by atoms with Gasteiger partial charge in [-0.1, -0.05) is 12.8 Å². The molecule has 1 rings (SSSR count). The number of aliphatic imine (C=N–C) groups is 1. The molecule has 0 aromatic heterocycles. The minimum Gasteiger partial charge on any atom is -0.385 e. The number of hydrogen-bond acceptors (Lipinski definition) is 2. The molecule has 1 aliphatic rings. The van der Waals surface area contributed by atoms with Crippen LogP contribution in [0.4, 0.5) is 0 Å². The van der Waals surface area contributed by atoms with Crippen LogP contribution in [0.1, 0.15) is 46.0 Å². The van der Waals surface area contributed by atoms with Crippen molar-refractivity contribution < 1.29 is 4.74 Å². The van der Waals surface area contributed by atoms with E-state index < -0.39 is 0 Å². The monoisotopic (exact) mass is 255 g/mol. The normalized spacial score (nSPS) is 17.5. The summed E-state index contributed by atoms with van der Waals surface area (Å²) in [5, 5.41) is 6.58. The summed E-state index contributed by atoms with van der Waals surface area (Å²) in [6.07, 6.45) is 6.42. The van der Waals surface area contributed by atoms with Crippen LogP contribution < -0.4 is 10.6 Å². The summed E-state index contributed by atoms with van der Waals surface area (Å²) in [7, 11) is 1.79. The Morgan fingerprint density at radius 2 is 1.78 bits per heavy atom. The first kappa shape index (κ1) is 15.3. The zero-order valence-electron chi connectivity index (χ0n) is 12.2. The van der Waals surface area contributed by atoms with Crippen molar-refractivity contribution in [1.29, 1.82) is 0 Å². The minimum absolute atomic E-state index is 0.381. The molecule has 4 heteroatoms. The van der Waals surface area contributed by atoms with Crippen molar-refractivity contribution in [3.8, 4) is 0 Å². The number of nitrogens with one attached hydrogen (secondary N) is 2. The largest absolute Gasteiger partial charge is 0.385 e. The van der Waals surface area contributed by atoms with Crippen molar-refractivity contribution in [3.05, 3.63) is 0 Å². The molecule has 0 radical (unpaired) electrons. The highest BCUT2D eigenvalue weighted by molar-refractivity contribution is 5.79. The summed E-state index contributed by atoms with van der Waals surface area (Å²) in [5.41, 5.74) is 0.381. The number of methoxy groups -OCH3 is 1. The van der Waals surface area contributed by atoms with Crippen molar-refractivity contribution >= 4 is 5.96 Å². The van der Waals surface area contributed by atoms with Crippen molar-refractivity contribution in [2.24, 2.45) is 10.4 Å². The molecule has 0 amide bonds. The lowest BCUT2D eigenvalue weighted by Gasteiger charge is -2.27. The molecule has 0 atom stereocenters. The molecule has 0 heterocycles. The molecule has 0 aromatic carbocycles. The van der Waals surface area contributed by atoms with Crippen molar-refractivity contribution in [2.75, 3.05) is 33.4 Å². The molecule has 2 N–H and O–H groups in total. The predicted octanol–water partition coefficient (Wildman–Crippen LogP) is 2.16. The van der Waals surface area contributed by atoms with Gasteiger partial charge in [0.15, 0.2) is 5.96 Å². The van der Waals surface area contributed by atoms with Crippen LogP contribution in [0.5, 0.6) is 0 Å². The van der Waals surface area contributed by atoms with Gasteiger partial charge in [-0.25, -0.2) is 0 Å². The van der Waals surface area contributed by atoms with Crippen LogP contribution in [-0.2, 0) is 4.74 Å². The van der Waals surface area contributed by atoms with E-state index in [1.165, 1.54) is 25.7 Å². The third-order valence-corrected chi connectivity index (χ3v) is 3.76. The topological polar surface area (TPSA) is 45.7 Å². The quantitative estimate of drug-likeness (QED) is 0.541. The van der Waals surface area contributed by atoms with Crippen LogP contribution in [0, 0.1) is 5.41 Å². The lowest BCUT2D eigenvalue weighted by molar-refractivity contribution is 0.141. The van der Waals surface area contributed by atoms with E-state index in [4.69, 9.17) is 9.73 Å². The molecule has 0 saturated heterocycles. The summed E-state index contributed by atoms with van der Waals surface area (Å²) < 4.78 is 5.25. The highest BCUT2D eigenvalue weighted by Gasteiger charge is 2.33. The van der Waals surface area contributed by atoms with Crippen molar-refractivity contribution in [1.82, 2.24) is 10.6 Å². The van der Waals surface area contributed by atoms with Gasteiger partial charge in [-0.15, -0.1) is 0 Å². The van der Waals surface area contributed by atoms with Crippen LogP contribution in [0.15, 0.2) is 4.99 Å². The zero-order valence-corrected chi connectivity index (χ0v) is 12.2. The van der Waals surface area contributed by atoms with E-state index in [2.05, 4.69) is 24.5 Å². The maximum atomic E-state index is 5.25. The summed E-state index contributed by atoms with van der Waals surface area (Å²) >= 11 is 0. The molecule has 4 nitrogen and oxygen atoms in total. The van der Waals surface area contributed by atoms with Crippen LogP contribution >= 0.6 is 0 Å². The zero-order chi connectivity index (χ0) is 13.3. The molecular weight excluding hydrogens is 226 g/mol. The average molecular weight is 255 g/mol. The SMILES string of the molecule is CCNC(=NCC1(CCOC)CCCC1)NCC. The standard InChI is InChI=1S/C14H29N3O/c1-4-15-13(16-5-2)17-12-14(10-11-18-3)8-6-7-9-14/h4-12H2,1-3H3,(H2,15,16,17). The Hall–Kier alpha value is -0.770. The molecule has 1 aliphatic carbocycles. The van der Waals surface area contributed by atoms with Gasteiger partial charge in [0.1, 0.15) is 0 Å². The first-order valence-electron chi connectivity index (χ1n) is 7.27. The fourth-order valence-corrected chi connectivity index (χ4v) is 2.69. The number of nitrogens with zero attached hydrogens (tertiary/aromatic N) is 1. The molecule has 0 aromatic rings. The van der Waals surface area contributed by atoms with Gasteiger partial charge in [0.25, 0.3) is 0 Å². The number of ether oxygens (including phenoxy) is 1. The van der Waals surface area contributed by atoms with Crippen LogP contribution in [-0.4, -0.2) is 39.3 Å². The Morgan fingerprint density at radius 1 is 1.17 bits per heavy atom. The van der Waals surface area contributed by atoms with Crippen molar-refractivity contribution in [3.63, 3.8) is 0 Å². The molecule has 0 aliphatic heterocycles. The Morgan fingerprint density at radius 3 is 2.28 bits per heavy atom. The van der Waals surface area contributed by atoms with Gasteiger partial charge in [-0.05, 0) is 38.5 Å². The van der Waals surface area contributed by atoms with Gasteiger partial charge < -0.3 is 15.4 Å². The molecule has 0 unspecified atom stereocenters. The number of guanidine groups is 1. The van der Waals surface area contributed by atoms with Gasteiger partial charge in [-0.3, -0.25) is 4.99 Å². The molecule has 1 saturated carbocycles. The number of hydrogen-bond donors (Lipinski definition) is 2. The Kier molecular flexibility index (Phi) is 7.09. The van der Waals surface area contributed by atoms with E-state index in [0.717, 1.165) is 38.6 Å². The van der Waals surface area contributed by atoms with Gasteiger partial charge in [0.2, 0.25) is 0 Å². The average Bonchev–Trinajstić information content (AvgIpc) is 2.84. The van der Waals surface area contributed by atoms with Crippen molar-refractivity contribution in [2.45, 2.75) is 46.0 Å². The van der Waals surface area contributed by atoms with Gasteiger partial charge in [0, 0.05) is 33.4 Å². The summed E-state index contributed by atoms with van der Waals surface area (Å²) in [6.45, 7) is 7.80. The van der Waals surface area contributed by atoms with Gasteiger partial charge in [-0.2, -0.15) is 0 Å². The summed E-state index contributed by atoms with van der Waals surface area (Å²) in [6, 6.07) is 0. The second-order valence-electron chi connectivity index (χ2n) is 5.18. The van der Waals surface area contributed by atoms with E-state index in [-0.39, 0.29) is 0 Å². The van der Waals surface area contributed by atoms with Crippen LogP contribution in [0.25, 0.3) is 0 Å². The lowest BCUT2D eigenvalue weighted by atomic mass is 9.83. The predicted molar refractivity (Wildman–Crippen MR) is 77.0 cm³/mol. The highest BCUT2D eigenvalue weighted by atomic mass is 16.5. The highest BCUT2D eigenvalue weighted by Crippen LogP contribution is 2.41. The van der Waals surface area contributed by atoms with E-state index in [1.54, 1.807) is 7.11 Å².